The van der Waals surface area contributed by atoms with Crippen LogP contribution in [0.25, 0.3) is 33.6 Å². The van der Waals surface area contributed by atoms with Crippen LogP contribution in [0.4, 0.5) is 5.82 Å². The molecule has 0 aromatic carbocycles. The first-order valence-electron chi connectivity index (χ1n) is 11.9. The Hall–Kier alpha value is -3.30. The van der Waals surface area contributed by atoms with E-state index in [2.05, 4.69) is 28.1 Å². The number of anilines is 1. The molecule has 2 saturated heterocycles. The van der Waals surface area contributed by atoms with Gasteiger partial charge >= 0.3 is 0 Å². The number of rotatable bonds is 4. The van der Waals surface area contributed by atoms with E-state index in [0.29, 0.717) is 19.0 Å². The van der Waals surface area contributed by atoms with Crippen LogP contribution < -0.4 is 4.90 Å². The minimum atomic E-state index is -0.0883. The monoisotopic (exact) mass is 460 g/mol. The van der Waals surface area contributed by atoms with Gasteiger partial charge in [-0.3, -0.25) is 4.98 Å². The molecule has 0 aliphatic carbocycles. The second-order valence-electron chi connectivity index (χ2n) is 9.02. The number of pyridine rings is 2. The molecule has 2 aliphatic rings. The summed E-state index contributed by atoms with van der Waals surface area (Å²) in [4.78, 5) is 12.2. The molecular formula is C25H28N6O3. The van der Waals surface area contributed by atoms with E-state index >= 15 is 0 Å². The van der Waals surface area contributed by atoms with Gasteiger partial charge in [-0.15, -0.1) is 0 Å². The molecule has 4 aromatic heterocycles. The largest absolute Gasteiger partial charge is 0.377 e. The topological polar surface area (TPSA) is 91.3 Å². The Morgan fingerprint density at radius 3 is 2.82 bits per heavy atom. The average Bonchev–Trinajstić information content (AvgIpc) is 3.53. The molecule has 0 N–H and O–H groups in total. The van der Waals surface area contributed by atoms with Crippen molar-refractivity contribution in [3.8, 4) is 22.7 Å². The van der Waals surface area contributed by atoms with Gasteiger partial charge in [-0.25, -0.2) is 9.67 Å². The van der Waals surface area contributed by atoms with Crippen molar-refractivity contribution < 1.29 is 14.0 Å². The smallest absolute Gasteiger partial charge is 0.167 e. The van der Waals surface area contributed by atoms with Gasteiger partial charge in [-0.2, -0.15) is 5.10 Å². The minimum absolute atomic E-state index is 0.0883. The standard InChI is InChI=1S/C25H28N6O3/c1-16-13-21(34-29-16)19-14-22(30-10-12-32-15-17(30)2)28-24-18(19)6-8-26-25(24)20-7-9-27-31(20)23-5-3-4-11-33-23/h6-9,13-14,17,23H,3-5,10-12,15H2,1-2H3. The molecule has 0 bridgehead atoms. The Labute approximate surface area is 197 Å². The van der Waals surface area contributed by atoms with Crippen molar-refractivity contribution in [1.29, 1.82) is 0 Å². The Bertz CT molecular complexity index is 1310. The minimum Gasteiger partial charge on any atom is -0.377 e. The van der Waals surface area contributed by atoms with Crippen LogP contribution in [0.1, 0.15) is 38.1 Å². The van der Waals surface area contributed by atoms with E-state index in [1.165, 1.54) is 0 Å². The zero-order valence-corrected chi connectivity index (χ0v) is 19.5. The number of ether oxygens (including phenoxy) is 2. The number of hydrogen-bond donors (Lipinski definition) is 0. The van der Waals surface area contributed by atoms with Gasteiger partial charge in [0, 0.05) is 42.6 Å². The van der Waals surface area contributed by atoms with Crippen molar-refractivity contribution in [3.05, 3.63) is 42.4 Å². The normalized spacial score (nSPS) is 21.3. The quantitative estimate of drug-likeness (QED) is 0.443. The van der Waals surface area contributed by atoms with E-state index in [0.717, 1.165) is 71.8 Å². The van der Waals surface area contributed by atoms with Crippen LogP contribution in [-0.4, -0.2) is 57.3 Å². The Morgan fingerprint density at radius 2 is 2.03 bits per heavy atom. The van der Waals surface area contributed by atoms with Crippen LogP contribution >= 0.6 is 0 Å². The van der Waals surface area contributed by atoms with Crippen LogP contribution in [0.5, 0.6) is 0 Å². The van der Waals surface area contributed by atoms with E-state index in [1.54, 1.807) is 0 Å². The van der Waals surface area contributed by atoms with Gasteiger partial charge in [0.1, 0.15) is 17.0 Å². The lowest BCUT2D eigenvalue weighted by Gasteiger charge is -2.34. The van der Waals surface area contributed by atoms with Crippen LogP contribution in [0.15, 0.2) is 41.2 Å². The second kappa shape index (κ2) is 8.81. The lowest BCUT2D eigenvalue weighted by Crippen LogP contribution is -2.44. The van der Waals surface area contributed by atoms with Crippen molar-refractivity contribution in [2.24, 2.45) is 0 Å². The number of fused-ring (bicyclic) bond motifs is 1. The highest BCUT2D eigenvalue weighted by atomic mass is 16.5. The third-order valence-corrected chi connectivity index (χ3v) is 6.61. The summed E-state index contributed by atoms with van der Waals surface area (Å²) in [7, 11) is 0. The molecule has 176 valence electrons. The fourth-order valence-electron chi connectivity index (χ4n) is 4.88. The summed E-state index contributed by atoms with van der Waals surface area (Å²) >= 11 is 0. The molecule has 9 nitrogen and oxygen atoms in total. The van der Waals surface area contributed by atoms with Crippen LogP contribution in [0, 0.1) is 6.92 Å². The van der Waals surface area contributed by atoms with Crippen molar-refractivity contribution >= 4 is 16.7 Å². The molecule has 34 heavy (non-hydrogen) atoms. The fraction of sp³-hybridized carbons (Fsp3) is 0.440. The Kier molecular flexibility index (Phi) is 5.50. The predicted octanol–water partition coefficient (Wildman–Crippen LogP) is 4.38. The Morgan fingerprint density at radius 1 is 1.09 bits per heavy atom. The first-order chi connectivity index (χ1) is 16.7. The van der Waals surface area contributed by atoms with E-state index in [1.807, 2.05) is 42.2 Å². The molecule has 2 fully saturated rings. The number of morpholine rings is 1. The summed E-state index contributed by atoms with van der Waals surface area (Å²) in [6.45, 7) is 6.95. The third-order valence-electron chi connectivity index (χ3n) is 6.61. The maximum atomic E-state index is 6.03. The maximum Gasteiger partial charge on any atom is 0.167 e. The highest BCUT2D eigenvalue weighted by Gasteiger charge is 2.26. The second-order valence-corrected chi connectivity index (χ2v) is 9.02. The van der Waals surface area contributed by atoms with Crippen molar-refractivity contribution in [2.45, 2.75) is 45.4 Å². The summed E-state index contributed by atoms with van der Waals surface area (Å²) in [5.41, 5.74) is 4.27. The molecule has 2 aliphatic heterocycles. The summed E-state index contributed by atoms with van der Waals surface area (Å²) in [6, 6.07) is 8.24. The summed E-state index contributed by atoms with van der Waals surface area (Å²) in [6.07, 6.45) is 6.69. The lowest BCUT2D eigenvalue weighted by molar-refractivity contribution is -0.0383. The van der Waals surface area contributed by atoms with Gasteiger partial charge in [-0.05, 0) is 51.3 Å². The number of nitrogens with zero attached hydrogens (tertiary/aromatic N) is 6. The molecule has 0 saturated carbocycles. The third kappa shape index (κ3) is 3.74. The molecule has 9 heteroatoms. The molecule has 6 rings (SSSR count). The predicted molar refractivity (Wildman–Crippen MR) is 127 cm³/mol. The zero-order chi connectivity index (χ0) is 23.1. The highest BCUT2D eigenvalue weighted by Crippen LogP contribution is 2.37. The first kappa shape index (κ1) is 21.2. The number of aryl methyl sites for hydroxylation is 1. The fourth-order valence-corrected chi connectivity index (χ4v) is 4.88. The average molecular weight is 461 g/mol. The summed E-state index contributed by atoms with van der Waals surface area (Å²) in [5, 5.41) is 9.69. The zero-order valence-electron chi connectivity index (χ0n) is 19.5. The molecule has 0 radical (unpaired) electrons. The van der Waals surface area contributed by atoms with Crippen molar-refractivity contribution in [2.75, 3.05) is 31.3 Å². The van der Waals surface area contributed by atoms with Gasteiger partial charge in [0.2, 0.25) is 0 Å². The van der Waals surface area contributed by atoms with Crippen LogP contribution in [-0.2, 0) is 9.47 Å². The van der Waals surface area contributed by atoms with E-state index in [-0.39, 0.29) is 12.3 Å². The molecule has 6 heterocycles. The van der Waals surface area contributed by atoms with Gasteiger partial charge in [0.25, 0.3) is 0 Å². The molecule has 2 atom stereocenters. The SMILES string of the molecule is Cc1cc(-c2cc(N3CCOCC3C)nc3c(-c4ccnn4C4CCCCO4)nccc23)on1. The lowest BCUT2D eigenvalue weighted by atomic mass is 10.0. The highest BCUT2D eigenvalue weighted by molar-refractivity contribution is 6.00. The maximum absolute atomic E-state index is 6.03. The molecule has 0 amide bonds. The van der Waals surface area contributed by atoms with Gasteiger partial charge < -0.3 is 18.9 Å². The molecule has 0 spiro atoms. The first-order valence-corrected chi connectivity index (χ1v) is 11.9. The van der Waals surface area contributed by atoms with Crippen LogP contribution in [0.3, 0.4) is 0 Å². The Balaban J connectivity index is 1.56. The van der Waals surface area contributed by atoms with Crippen molar-refractivity contribution in [3.63, 3.8) is 0 Å². The van der Waals surface area contributed by atoms with E-state index < -0.39 is 0 Å². The van der Waals surface area contributed by atoms with E-state index in [9.17, 15) is 0 Å². The molecular weight excluding hydrogens is 432 g/mol. The number of hydrogen-bond acceptors (Lipinski definition) is 8. The molecule has 4 aromatic rings. The molecule has 2 unspecified atom stereocenters. The van der Waals surface area contributed by atoms with Crippen molar-refractivity contribution in [1.82, 2.24) is 24.9 Å². The number of aromatic nitrogens is 5. The van der Waals surface area contributed by atoms with Crippen LogP contribution in [0.2, 0.25) is 0 Å². The van der Waals surface area contributed by atoms with Gasteiger partial charge in [0.15, 0.2) is 12.0 Å². The summed E-state index contributed by atoms with van der Waals surface area (Å²) < 4.78 is 19.3. The van der Waals surface area contributed by atoms with Gasteiger partial charge in [0.05, 0.1) is 30.6 Å². The van der Waals surface area contributed by atoms with E-state index in [4.69, 9.17) is 24.0 Å². The van der Waals surface area contributed by atoms with Gasteiger partial charge in [-0.1, -0.05) is 5.16 Å². The summed E-state index contributed by atoms with van der Waals surface area (Å²) in [5.74, 6) is 1.59.